The maximum Gasteiger partial charge on any atom is 0.251 e. The molecule has 0 spiro atoms. The van der Waals surface area contributed by atoms with E-state index in [0.29, 0.717) is 10.6 Å². The summed E-state index contributed by atoms with van der Waals surface area (Å²) in [4.78, 5) is 25.2. The van der Waals surface area contributed by atoms with Crippen LogP contribution in [0.25, 0.3) is 0 Å². The number of aromatic nitrogens is 1. The molecule has 0 atom stereocenters. The molecule has 1 aliphatic carbocycles. The van der Waals surface area contributed by atoms with E-state index >= 15 is 0 Å². The van der Waals surface area contributed by atoms with Gasteiger partial charge in [0, 0.05) is 16.6 Å². The minimum atomic E-state index is -0.284. The van der Waals surface area contributed by atoms with Crippen molar-refractivity contribution in [1.29, 1.82) is 5.26 Å². The van der Waals surface area contributed by atoms with Crippen molar-refractivity contribution < 1.29 is 4.79 Å². The van der Waals surface area contributed by atoms with Crippen LogP contribution >= 0.6 is 11.3 Å². The molecule has 0 saturated carbocycles. The highest BCUT2D eigenvalue weighted by Gasteiger charge is 2.23. The van der Waals surface area contributed by atoms with Crippen LogP contribution in [0.5, 0.6) is 0 Å². The number of pyridine rings is 1. The van der Waals surface area contributed by atoms with Crippen LogP contribution in [0.3, 0.4) is 0 Å². The van der Waals surface area contributed by atoms with Gasteiger partial charge in [-0.25, -0.2) is 0 Å². The lowest BCUT2D eigenvalue weighted by Gasteiger charge is -2.09. The standard InChI is InChI=1S/C16H15N3O2S/c1-10-4-2-7-15(21)19(10)9-14(20)18-16-12(8-17)11-5-3-6-13(11)22-16/h2,4,7H,3,5-6,9H2,1H3,(H,18,20). The van der Waals surface area contributed by atoms with E-state index < -0.39 is 0 Å². The van der Waals surface area contributed by atoms with Crippen LogP contribution in [-0.2, 0) is 24.2 Å². The Morgan fingerprint density at radius 3 is 3.00 bits per heavy atom. The van der Waals surface area contributed by atoms with Gasteiger partial charge in [0.2, 0.25) is 5.91 Å². The summed E-state index contributed by atoms with van der Waals surface area (Å²) in [6, 6.07) is 7.08. The molecular formula is C16H15N3O2S. The normalized spacial score (nSPS) is 12.7. The molecule has 0 aliphatic heterocycles. The summed E-state index contributed by atoms with van der Waals surface area (Å²) in [5.41, 5.74) is 2.19. The Hall–Kier alpha value is -2.39. The lowest BCUT2D eigenvalue weighted by atomic mass is 10.1. The average Bonchev–Trinajstić information content (AvgIpc) is 3.03. The number of aryl methyl sites for hydroxylation is 2. The first-order chi connectivity index (χ1) is 10.6. The summed E-state index contributed by atoms with van der Waals surface area (Å²) >= 11 is 1.48. The monoisotopic (exact) mass is 313 g/mol. The zero-order chi connectivity index (χ0) is 15.7. The Labute approximate surface area is 131 Å². The molecule has 1 aliphatic rings. The van der Waals surface area contributed by atoms with Crippen LogP contribution in [0.1, 0.15) is 28.1 Å². The van der Waals surface area contributed by atoms with Crippen molar-refractivity contribution in [2.45, 2.75) is 32.7 Å². The quantitative estimate of drug-likeness (QED) is 0.944. The molecule has 0 saturated heterocycles. The third kappa shape index (κ3) is 2.55. The van der Waals surface area contributed by atoms with Gasteiger partial charge in [-0.05, 0) is 37.8 Å². The Bertz CT molecular complexity index is 842. The summed E-state index contributed by atoms with van der Waals surface area (Å²) in [6.45, 7) is 1.74. The van der Waals surface area contributed by atoms with Crippen molar-refractivity contribution in [3.63, 3.8) is 0 Å². The zero-order valence-electron chi connectivity index (χ0n) is 12.2. The number of anilines is 1. The van der Waals surface area contributed by atoms with Gasteiger partial charge in [0.25, 0.3) is 5.56 Å². The van der Waals surface area contributed by atoms with E-state index in [1.54, 1.807) is 19.1 Å². The van der Waals surface area contributed by atoms with E-state index in [1.165, 1.54) is 26.8 Å². The molecule has 1 amide bonds. The van der Waals surface area contributed by atoms with E-state index in [9.17, 15) is 14.9 Å². The highest BCUT2D eigenvalue weighted by atomic mass is 32.1. The fourth-order valence-corrected chi connectivity index (χ4v) is 4.00. The SMILES string of the molecule is Cc1cccc(=O)n1CC(=O)Nc1sc2c(c1C#N)CCC2. The largest absolute Gasteiger partial charge is 0.315 e. The smallest absolute Gasteiger partial charge is 0.251 e. The van der Waals surface area contributed by atoms with Gasteiger partial charge >= 0.3 is 0 Å². The molecule has 0 unspecified atom stereocenters. The lowest BCUT2D eigenvalue weighted by molar-refractivity contribution is -0.116. The Kier molecular flexibility index (Phi) is 3.82. The number of carbonyl (C=O) groups is 1. The zero-order valence-corrected chi connectivity index (χ0v) is 13.0. The van der Waals surface area contributed by atoms with E-state index in [4.69, 9.17) is 0 Å². The first kappa shape index (κ1) is 14.5. The predicted octanol–water partition coefficient (Wildman–Crippen LogP) is 2.22. The topological polar surface area (TPSA) is 74.9 Å². The third-order valence-electron chi connectivity index (χ3n) is 3.86. The van der Waals surface area contributed by atoms with Gasteiger partial charge in [-0.15, -0.1) is 11.3 Å². The maximum absolute atomic E-state index is 12.2. The van der Waals surface area contributed by atoms with Crippen LogP contribution in [-0.4, -0.2) is 10.5 Å². The van der Waals surface area contributed by atoms with E-state index in [0.717, 1.165) is 30.5 Å². The average molecular weight is 313 g/mol. The van der Waals surface area contributed by atoms with Crippen molar-refractivity contribution in [2.75, 3.05) is 5.32 Å². The summed E-state index contributed by atoms with van der Waals surface area (Å²) in [6.07, 6.45) is 2.95. The number of fused-ring (bicyclic) bond motifs is 1. The molecule has 112 valence electrons. The lowest BCUT2D eigenvalue weighted by Crippen LogP contribution is -2.28. The molecule has 22 heavy (non-hydrogen) atoms. The van der Waals surface area contributed by atoms with Gasteiger partial charge in [0.1, 0.15) is 17.6 Å². The fraction of sp³-hybridized carbons (Fsp3) is 0.312. The molecule has 2 heterocycles. The van der Waals surface area contributed by atoms with Crippen LogP contribution in [0, 0.1) is 18.3 Å². The second kappa shape index (κ2) is 5.78. The fourth-order valence-electron chi connectivity index (χ4n) is 2.75. The van der Waals surface area contributed by atoms with Crippen molar-refractivity contribution in [3.8, 4) is 6.07 Å². The summed E-state index contributed by atoms with van der Waals surface area (Å²) in [7, 11) is 0. The Morgan fingerprint density at radius 2 is 2.27 bits per heavy atom. The van der Waals surface area contributed by atoms with Gasteiger partial charge in [0.15, 0.2) is 0 Å². The number of nitrogens with one attached hydrogen (secondary N) is 1. The second-order valence-corrected chi connectivity index (χ2v) is 6.42. The number of hydrogen-bond donors (Lipinski definition) is 1. The minimum Gasteiger partial charge on any atom is -0.315 e. The van der Waals surface area contributed by atoms with Crippen LogP contribution in [0.2, 0.25) is 0 Å². The highest BCUT2D eigenvalue weighted by molar-refractivity contribution is 7.16. The summed E-state index contributed by atoms with van der Waals surface area (Å²) in [5.74, 6) is -0.284. The highest BCUT2D eigenvalue weighted by Crippen LogP contribution is 2.38. The van der Waals surface area contributed by atoms with E-state index in [1.807, 2.05) is 0 Å². The molecule has 2 aromatic rings. The minimum absolute atomic E-state index is 0.0427. The van der Waals surface area contributed by atoms with Crippen molar-refractivity contribution >= 4 is 22.2 Å². The number of rotatable bonds is 3. The van der Waals surface area contributed by atoms with Gasteiger partial charge in [-0.3, -0.25) is 9.59 Å². The van der Waals surface area contributed by atoms with Crippen LogP contribution in [0.15, 0.2) is 23.0 Å². The number of nitrogens with zero attached hydrogens (tertiary/aromatic N) is 2. The maximum atomic E-state index is 12.2. The van der Waals surface area contributed by atoms with Gasteiger partial charge in [-0.2, -0.15) is 5.26 Å². The predicted molar refractivity (Wildman–Crippen MR) is 85.1 cm³/mol. The summed E-state index contributed by atoms with van der Waals surface area (Å²) in [5, 5.41) is 12.7. The molecule has 3 rings (SSSR count). The number of hydrogen-bond acceptors (Lipinski definition) is 4. The third-order valence-corrected chi connectivity index (χ3v) is 5.06. The van der Waals surface area contributed by atoms with Crippen LogP contribution in [0.4, 0.5) is 5.00 Å². The molecule has 6 heteroatoms. The van der Waals surface area contributed by atoms with Crippen molar-refractivity contribution in [3.05, 3.63) is 50.3 Å². The molecule has 5 nitrogen and oxygen atoms in total. The number of nitriles is 1. The summed E-state index contributed by atoms with van der Waals surface area (Å²) < 4.78 is 1.42. The van der Waals surface area contributed by atoms with E-state index in [2.05, 4.69) is 11.4 Å². The second-order valence-electron chi connectivity index (χ2n) is 5.31. The molecule has 0 fully saturated rings. The van der Waals surface area contributed by atoms with Gasteiger partial charge < -0.3 is 9.88 Å². The number of carbonyl (C=O) groups excluding carboxylic acids is 1. The van der Waals surface area contributed by atoms with Crippen molar-refractivity contribution in [1.82, 2.24) is 4.57 Å². The number of amides is 1. The first-order valence-corrected chi connectivity index (χ1v) is 7.92. The molecule has 0 radical (unpaired) electrons. The first-order valence-electron chi connectivity index (χ1n) is 7.11. The molecule has 1 N–H and O–H groups in total. The van der Waals surface area contributed by atoms with Crippen LogP contribution < -0.4 is 10.9 Å². The van der Waals surface area contributed by atoms with Gasteiger partial charge in [-0.1, -0.05) is 6.07 Å². The van der Waals surface area contributed by atoms with Gasteiger partial charge in [0.05, 0.1) is 5.56 Å². The van der Waals surface area contributed by atoms with Crippen molar-refractivity contribution in [2.24, 2.45) is 0 Å². The van der Waals surface area contributed by atoms with E-state index in [-0.39, 0.29) is 18.0 Å². The molecular weight excluding hydrogens is 298 g/mol. The Morgan fingerprint density at radius 1 is 1.45 bits per heavy atom. The number of thiophene rings is 1. The molecule has 0 bridgehead atoms. The molecule has 2 aromatic heterocycles. The Balaban J connectivity index is 1.81. The molecule has 0 aromatic carbocycles.